The number of amides is 2. The summed E-state index contributed by atoms with van der Waals surface area (Å²) in [5.74, 6) is -0.924. The number of nitrogens with zero attached hydrogens (tertiary/aromatic N) is 2. The fourth-order valence-corrected chi connectivity index (χ4v) is 5.02. The van der Waals surface area contributed by atoms with Crippen LogP contribution < -0.4 is 9.47 Å². The molecule has 4 rings (SSSR count). The third kappa shape index (κ3) is 4.27. The number of likely N-dealkylation sites (tertiary alicyclic amines) is 1. The largest absolute Gasteiger partial charge is 0.486 e. The van der Waals surface area contributed by atoms with Gasteiger partial charge in [0.15, 0.2) is 11.5 Å². The summed E-state index contributed by atoms with van der Waals surface area (Å²) < 4.78 is 50.7. The molecule has 0 aliphatic carbocycles. The third-order valence-electron chi connectivity index (χ3n) is 5.70. The molecule has 8 nitrogen and oxygen atoms in total. The van der Waals surface area contributed by atoms with Crippen LogP contribution in [0.25, 0.3) is 0 Å². The maximum Gasteiger partial charge on any atom is 0.266 e. The minimum Gasteiger partial charge on any atom is -0.486 e. The Bertz CT molecular complexity index is 1130. The average molecular weight is 462 g/mol. The van der Waals surface area contributed by atoms with Crippen molar-refractivity contribution in [3.63, 3.8) is 0 Å². The average Bonchev–Trinajstić information content (AvgIpc) is 2.83. The van der Waals surface area contributed by atoms with E-state index >= 15 is 0 Å². The lowest BCUT2D eigenvalue weighted by molar-refractivity contribution is -0.131. The van der Waals surface area contributed by atoms with Crippen molar-refractivity contribution in [2.45, 2.75) is 17.7 Å². The van der Waals surface area contributed by atoms with Gasteiger partial charge in [0.25, 0.3) is 15.9 Å². The zero-order valence-corrected chi connectivity index (χ0v) is 18.3. The number of benzene rings is 2. The first-order valence-electron chi connectivity index (χ1n) is 10.2. The quantitative estimate of drug-likeness (QED) is 0.692. The lowest BCUT2D eigenvalue weighted by Crippen LogP contribution is -2.44. The molecule has 32 heavy (non-hydrogen) atoms. The van der Waals surface area contributed by atoms with Crippen molar-refractivity contribution in [2.24, 2.45) is 5.92 Å². The summed E-state index contributed by atoms with van der Waals surface area (Å²) in [5.41, 5.74) is 0.370. The molecule has 0 atom stereocenters. The highest BCUT2D eigenvalue weighted by molar-refractivity contribution is 7.89. The molecule has 0 unspecified atom stereocenters. The molecule has 1 saturated heterocycles. The van der Waals surface area contributed by atoms with Gasteiger partial charge in [0, 0.05) is 37.7 Å². The number of carbonyl (C=O) groups is 2. The Labute approximate surface area is 185 Å². The predicted octanol–water partition coefficient (Wildman–Crippen LogP) is 2.30. The van der Waals surface area contributed by atoms with Gasteiger partial charge in [-0.2, -0.15) is 0 Å². The molecule has 0 radical (unpaired) electrons. The standard InChI is InChI=1S/C22H23FN2O6S/c1-24(32(28,29)18-6-7-19-20(14-18)31-13-12-30-19)21(26)16-8-10-25(11-9-16)22(27)15-2-4-17(23)5-3-15/h2-7,14,16H,8-13H2,1H3. The van der Waals surface area contributed by atoms with Crippen molar-refractivity contribution in [1.29, 1.82) is 0 Å². The molecule has 0 saturated carbocycles. The number of sulfonamides is 1. The summed E-state index contributed by atoms with van der Waals surface area (Å²) in [5, 5.41) is 0. The zero-order valence-electron chi connectivity index (χ0n) is 17.5. The van der Waals surface area contributed by atoms with Crippen molar-refractivity contribution in [1.82, 2.24) is 9.21 Å². The van der Waals surface area contributed by atoms with Crippen LogP contribution in [0.3, 0.4) is 0 Å². The molecule has 2 amide bonds. The molecular formula is C22H23FN2O6S. The smallest absolute Gasteiger partial charge is 0.266 e. The molecule has 0 bridgehead atoms. The zero-order chi connectivity index (χ0) is 22.9. The van der Waals surface area contributed by atoms with Gasteiger partial charge in [-0.1, -0.05) is 0 Å². The van der Waals surface area contributed by atoms with Crippen molar-refractivity contribution >= 4 is 21.8 Å². The topological polar surface area (TPSA) is 93.2 Å². The van der Waals surface area contributed by atoms with Gasteiger partial charge in [0.1, 0.15) is 19.0 Å². The second-order valence-electron chi connectivity index (χ2n) is 7.69. The fraction of sp³-hybridized carbons (Fsp3) is 0.364. The maximum absolute atomic E-state index is 13.1. The van der Waals surface area contributed by atoms with E-state index in [9.17, 15) is 22.4 Å². The lowest BCUT2D eigenvalue weighted by atomic mass is 9.95. The van der Waals surface area contributed by atoms with Crippen LogP contribution in [0.2, 0.25) is 0 Å². The second-order valence-corrected chi connectivity index (χ2v) is 9.66. The van der Waals surface area contributed by atoms with Gasteiger partial charge in [-0.15, -0.1) is 0 Å². The number of ether oxygens (including phenoxy) is 2. The minimum atomic E-state index is -4.07. The van der Waals surface area contributed by atoms with E-state index in [0.29, 0.717) is 56.2 Å². The van der Waals surface area contributed by atoms with Crippen molar-refractivity contribution in [3.05, 3.63) is 53.8 Å². The van der Waals surface area contributed by atoms with Gasteiger partial charge in [-0.3, -0.25) is 9.59 Å². The Morgan fingerprint density at radius 1 is 1.00 bits per heavy atom. The molecule has 2 aromatic rings. The summed E-state index contributed by atoms with van der Waals surface area (Å²) in [7, 11) is -2.83. The Kier molecular flexibility index (Phi) is 6.05. The van der Waals surface area contributed by atoms with Gasteiger partial charge in [-0.25, -0.2) is 17.1 Å². The Hall–Kier alpha value is -3.14. The molecule has 1 fully saturated rings. The van der Waals surface area contributed by atoms with Crippen LogP contribution in [0.1, 0.15) is 23.2 Å². The number of carbonyl (C=O) groups excluding carboxylic acids is 2. The molecule has 2 aromatic carbocycles. The molecule has 2 heterocycles. The normalized spacial score (nSPS) is 16.5. The van der Waals surface area contributed by atoms with E-state index in [1.54, 1.807) is 4.90 Å². The molecule has 0 N–H and O–H groups in total. The van der Waals surface area contributed by atoms with Crippen LogP contribution in [0.15, 0.2) is 47.4 Å². The van der Waals surface area contributed by atoms with Crippen LogP contribution in [0.4, 0.5) is 4.39 Å². The number of fused-ring (bicyclic) bond motifs is 1. The highest BCUT2D eigenvalue weighted by Gasteiger charge is 2.34. The molecule has 0 aromatic heterocycles. The predicted molar refractivity (Wildman–Crippen MR) is 112 cm³/mol. The van der Waals surface area contributed by atoms with E-state index in [4.69, 9.17) is 9.47 Å². The van der Waals surface area contributed by atoms with Crippen LogP contribution in [-0.2, 0) is 14.8 Å². The Morgan fingerprint density at radius 3 is 2.28 bits per heavy atom. The molecule has 10 heteroatoms. The number of hydrogen-bond donors (Lipinski definition) is 0. The molecular weight excluding hydrogens is 439 g/mol. The summed E-state index contributed by atoms with van der Waals surface area (Å²) in [6.45, 7) is 1.33. The highest BCUT2D eigenvalue weighted by atomic mass is 32.2. The van der Waals surface area contributed by atoms with Crippen LogP contribution in [0, 0.1) is 11.7 Å². The van der Waals surface area contributed by atoms with E-state index in [1.807, 2.05) is 0 Å². The maximum atomic E-state index is 13.1. The van der Waals surface area contributed by atoms with E-state index < -0.39 is 27.7 Å². The van der Waals surface area contributed by atoms with Gasteiger partial charge >= 0.3 is 0 Å². The van der Waals surface area contributed by atoms with Gasteiger partial charge < -0.3 is 14.4 Å². The minimum absolute atomic E-state index is 0.0541. The lowest BCUT2D eigenvalue weighted by Gasteiger charge is -2.33. The van der Waals surface area contributed by atoms with Crippen LogP contribution in [-0.4, -0.2) is 62.8 Å². The first-order chi connectivity index (χ1) is 15.3. The van der Waals surface area contributed by atoms with E-state index in [1.165, 1.54) is 49.5 Å². The second kappa shape index (κ2) is 8.78. The monoisotopic (exact) mass is 462 g/mol. The van der Waals surface area contributed by atoms with Crippen molar-refractivity contribution in [2.75, 3.05) is 33.4 Å². The van der Waals surface area contributed by atoms with Crippen LogP contribution in [0.5, 0.6) is 11.5 Å². The molecule has 170 valence electrons. The summed E-state index contributed by atoms with van der Waals surface area (Å²) in [6, 6.07) is 9.54. The van der Waals surface area contributed by atoms with Crippen molar-refractivity contribution in [3.8, 4) is 11.5 Å². The number of hydrogen-bond acceptors (Lipinski definition) is 6. The molecule has 0 spiro atoms. The summed E-state index contributed by atoms with van der Waals surface area (Å²) in [6.07, 6.45) is 0.680. The highest BCUT2D eigenvalue weighted by Crippen LogP contribution is 2.33. The summed E-state index contributed by atoms with van der Waals surface area (Å²) in [4.78, 5) is 27.0. The molecule has 2 aliphatic heterocycles. The Balaban J connectivity index is 1.41. The van der Waals surface area contributed by atoms with Gasteiger partial charge in [0.2, 0.25) is 5.91 Å². The first-order valence-corrected chi connectivity index (χ1v) is 11.7. The van der Waals surface area contributed by atoms with E-state index in [0.717, 1.165) is 4.31 Å². The number of piperidine rings is 1. The van der Waals surface area contributed by atoms with Crippen LogP contribution >= 0.6 is 0 Å². The van der Waals surface area contributed by atoms with E-state index in [2.05, 4.69) is 0 Å². The fourth-order valence-electron chi connectivity index (χ4n) is 3.82. The van der Waals surface area contributed by atoms with Gasteiger partial charge in [0.05, 0.1) is 4.90 Å². The van der Waals surface area contributed by atoms with Crippen molar-refractivity contribution < 1.29 is 31.9 Å². The SMILES string of the molecule is CN(C(=O)C1CCN(C(=O)c2ccc(F)cc2)CC1)S(=O)(=O)c1ccc2c(c1)OCCO2. The van der Waals surface area contributed by atoms with Gasteiger partial charge in [-0.05, 0) is 49.2 Å². The third-order valence-corrected chi connectivity index (χ3v) is 7.46. The molecule has 2 aliphatic rings. The Morgan fingerprint density at radius 2 is 1.62 bits per heavy atom. The first kappa shape index (κ1) is 22.1. The summed E-state index contributed by atoms with van der Waals surface area (Å²) >= 11 is 0. The number of rotatable bonds is 4. The number of halogens is 1. The van der Waals surface area contributed by atoms with E-state index in [-0.39, 0.29) is 10.8 Å².